The molecule has 0 heterocycles. The summed E-state index contributed by atoms with van der Waals surface area (Å²) in [6, 6.07) is 41.2. The third-order valence-corrected chi connectivity index (χ3v) is 9.11. The Morgan fingerprint density at radius 1 is 0.711 bits per heavy atom. The van der Waals surface area contributed by atoms with E-state index in [1.165, 1.54) is 11.1 Å². The lowest BCUT2D eigenvalue weighted by Crippen LogP contribution is -2.42. The van der Waals surface area contributed by atoms with Crippen LogP contribution in [-0.2, 0) is 4.74 Å². The first-order valence-corrected chi connectivity index (χ1v) is 16.7. The zero-order valence-corrected chi connectivity index (χ0v) is 26.5. The second-order valence-electron chi connectivity index (χ2n) is 11.0. The van der Waals surface area contributed by atoms with Gasteiger partial charge in [-0.2, -0.15) is 11.8 Å². The minimum Gasteiger partial charge on any atom is -0.449 e. The number of halogens is 1. The molecule has 5 aromatic rings. The highest BCUT2D eigenvalue weighted by Gasteiger charge is 2.30. The van der Waals surface area contributed by atoms with E-state index in [0.29, 0.717) is 17.0 Å². The average molecular weight is 631 g/mol. The summed E-state index contributed by atoms with van der Waals surface area (Å²) < 4.78 is 5.77. The van der Waals surface area contributed by atoms with Crippen LogP contribution in [0.3, 0.4) is 0 Å². The maximum atomic E-state index is 13.7. The molecule has 1 aliphatic rings. The van der Waals surface area contributed by atoms with Crippen LogP contribution in [0.15, 0.2) is 127 Å². The number of fused-ring (bicyclic) bond motifs is 3. The van der Waals surface area contributed by atoms with Crippen molar-refractivity contribution in [3.05, 3.63) is 172 Å². The fraction of sp³-hybridized carbons (Fsp3) is 0.154. The fourth-order valence-corrected chi connectivity index (χ4v) is 6.61. The normalized spacial score (nSPS) is 12.8. The Labute approximate surface area is 273 Å². The lowest BCUT2D eigenvalue weighted by atomic mass is 9.84. The molecule has 1 aliphatic carbocycles. The number of Topliss-reactive ketones (excluding diaryl/α,β-unsaturated/α-hetero) is 1. The molecule has 45 heavy (non-hydrogen) atoms. The molecule has 0 saturated carbocycles. The van der Waals surface area contributed by atoms with Crippen LogP contribution in [0.4, 0.5) is 4.79 Å². The number of ketones is 1. The van der Waals surface area contributed by atoms with E-state index in [0.717, 1.165) is 39.5 Å². The first-order chi connectivity index (χ1) is 22.0. The molecule has 6 heteroatoms. The summed E-state index contributed by atoms with van der Waals surface area (Å²) in [7, 11) is 0. The maximum Gasteiger partial charge on any atom is 0.407 e. The van der Waals surface area contributed by atoms with Crippen molar-refractivity contribution in [2.24, 2.45) is 0 Å². The number of alkyl carbamates (subject to hydrolysis) is 1. The predicted octanol–water partition coefficient (Wildman–Crippen LogP) is 9.20. The van der Waals surface area contributed by atoms with Crippen LogP contribution < -0.4 is 5.32 Å². The van der Waals surface area contributed by atoms with Gasteiger partial charge in [0.15, 0.2) is 5.78 Å². The molecular weight excluding hydrogens is 598 g/mol. The molecule has 1 atom stereocenters. The van der Waals surface area contributed by atoms with Crippen molar-refractivity contribution >= 4 is 35.2 Å². The molecule has 225 valence electrons. The molecule has 0 saturated heterocycles. The minimum absolute atomic E-state index is 0.0493. The standard InChI is InChI=1S/C39H33ClNO3S/c1-45-24-23-36(41-39(43)44-25-35-33-13-7-5-11-31(33)32-12-6-8-14-34(32)35)38(42)29-17-15-27(16-18-29)37(26-9-3-2-4-10-26)28-19-21-30(40)22-20-28/h2-22,35-36H,23-25H2,1H3,(H,41,43)/t36-/m0/s1. The SMILES string of the molecule is CSCC[C@H](NC(=O)OCC1c2ccccc2-c2ccccc21)C(=O)c1ccc([C](c2ccccc2)c2ccc(Cl)cc2)cc1. The lowest BCUT2D eigenvalue weighted by molar-refractivity contribution is 0.0917. The molecule has 0 fully saturated rings. The van der Waals surface area contributed by atoms with Crippen LogP contribution in [0.25, 0.3) is 11.1 Å². The number of ether oxygens (including phenoxy) is 1. The summed E-state index contributed by atoms with van der Waals surface area (Å²) in [5, 5.41) is 3.55. The number of carbonyl (C=O) groups excluding carboxylic acids is 2. The monoisotopic (exact) mass is 630 g/mol. The molecule has 0 bridgehead atoms. The largest absolute Gasteiger partial charge is 0.449 e. The van der Waals surface area contributed by atoms with Crippen LogP contribution in [-0.4, -0.2) is 36.5 Å². The van der Waals surface area contributed by atoms with Crippen LogP contribution in [0.1, 0.15) is 50.5 Å². The summed E-state index contributed by atoms with van der Waals surface area (Å²) in [5.41, 5.74) is 8.23. The van der Waals surface area contributed by atoms with Crippen molar-refractivity contribution in [3.63, 3.8) is 0 Å². The lowest BCUT2D eigenvalue weighted by Gasteiger charge is -2.20. The second-order valence-corrected chi connectivity index (χ2v) is 12.4. The van der Waals surface area contributed by atoms with Crippen LogP contribution >= 0.6 is 23.4 Å². The maximum absolute atomic E-state index is 13.7. The molecule has 0 spiro atoms. The molecule has 0 unspecified atom stereocenters. The topological polar surface area (TPSA) is 55.4 Å². The first kappa shape index (κ1) is 30.7. The van der Waals surface area contributed by atoms with Crippen LogP contribution in [0, 0.1) is 5.92 Å². The van der Waals surface area contributed by atoms with Gasteiger partial charge in [0.1, 0.15) is 6.61 Å². The number of carbonyl (C=O) groups is 2. The number of rotatable bonds is 11. The van der Waals surface area contributed by atoms with Crippen molar-refractivity contribution < 1.29 is 14.3 Å². The zero-order valence-electron chi connectivity index (χ0n) is 24.9. The highest BCUT2D eigenvalue weighted by molar-refractivity contribution is 7.98. The van der Waals surface area contributed by atoms with E-state index in [1.807, 2.05) is 97.3 Å². The number of hydrogen-bond donors (Lipinski definition) is 1. The first-order valence-electron chi connectivity index (χ1n) is 15.0. The highest BCUT2D eigenvalue weighted by Crippen LogP contribution is 2.44. The van der Waals surface area contributed by atoms with E-state index >= 15 is 0 Å². The molecular formula is C39H33ClNO3S. The molecule has 6 rings (SSSR count). The second kappa shape index (κ2) is 14.2. The number of thioether (sulfide) groups is 1. The van der Waals surface area contributed by atoms with E-state index < -0.39 is 12.1 Å². The van der Waals surface area contributed by atoms with E-state index in [-0.39, 0.29) is 18.3 Å². The quantitative estimate of drug-likeness (QED) is 0.117. The van der Waals surface area contributed by atoms with Gasteiger partial charge in [-0.15, -0.1) is 0 Å². The van der Waals surface area contributed by atoms with Gasteiger partial charge in [-0.05, 0) is 69.5 Å². The van der Waals surface area contributed by atoms with E-state index in [1.54, 1.807) is 11.8 Å². The molecule has 1 radical (unpaired) electrons. The average Bonchev–Trinajstić information content (AvgIpc) is 3.40. The van der Waals surface area contributed by atoms with Gasteiger partial charge in [-0.1, -0.05) is 127 Å². The Morgan fingerprint density at radius 3 is 1.82 bits per heavy atom. The van der Waals surface area contributed by atoms with Gasteiger partial charge < -0.3 is 10.1 Å². The minimum atomic E-state index is -0.701. The Kier molecular flexibility index (Phi) is 9.68. The molecule has 5 aromatic carbocycles. The summed E-state index contributed by atoms with van der Waals surface area (Å²) >= 11 is 7.81. The highest BCUT2D eigenvalue weighted by atomic mass is 35.5. The van der Waals surface area contributed by atoms with Crippen molar-refractivity contribution in [3.8, 4) is 11.1 Å². The third-order valence-electron chi connectivity index (χ3n) is 8.22. The third kappa shape index (κ3) is 6.85. The van der Waals surface area contributed by atoms with E-state index in [2.05, 4.69) is 41.7 Å². The number of benzene rings is 5. The van der Waals surface area contributed by atoms with Crippen LogP contribution in [0.2, 0.25) is 5.02 Å². The van der Waals surface area contributed by atoms with Crippen molar-refractivity contribution in [2.75, 3.05) is 18.6 Å². The summed E-state index contributed by atoms with van der Waals surface area (Å²) in [6.45, 7) is 0.195. The molecule has 1 N–H and O–H groups in total. The fourth-order valence-electron chi connectivity index (χ4n) is 6.01. The number of nitrogens with one attached hydrogen (secondary N) is 1. The molecule has 0 aromatic heterocycles. The Balaban J connectivity index is 1.17. The van der Waals surface area contributed by atoms with Gasteiger partial charge >= 0.3 is 6.09 Å². The van der Waals surface area contributed by atoms with Crippen molar-refractivity contribution in [1.29, 1.82) is 0 Å². The Morgan fingerprint density at radius 2 is 1.22 bits per heavy atom. The van der Waals surface area contributed by atoms with E-state index in [4.69, 9.17) is 16.3 Å². The molecule has 4 nitrogen and oxygen atoms in total. The van der Waals surface area contributed by atoms with Crippen LogP contribution in [0.5, 0.6) is 0 Å². The van der Waals surface area contributed by atoms with Crippen molar-refractivity contribution in [2.45, 2.75) is 18.4 Å². The van der Waals surface area contributed by atoms with Gasteiger partial charge in [-0.3, -0.25) is 4.79 Å². The Bertz CT molecular complexity index is 1730. The molecule has 1 amide bonds. The zero-order chi connectivity index (χ0) is 31.2. The summed E-state index contributed by atoms with van der Waals surface area (Å²) in [5.74, 6) is 1.58. The summed E-state index contributed by atoms with van der Waals surface area (Å²) in [6.07, 6.45) is 1.90. The van der Waals surface area contributed by atoms with Gasteiger partial charge in [0, 0.05) is 16.5 Å². The Hall–Kier alpha value is -4.32. The summed E-state index contributed by atoms with van der Waals surface area (Å²) in [4.78, 5) is 26.8. The van der Waals surface area contributed by atoms with Gasteiger partial charge in [0.05, 0.1) is 12.0 Å². The predicted molar refractivity (Wildman–Crippen MR) is 184 cm³/mol. The van der Waals surface area contributed by atoms with Crippen molar-refractivity contribution in [1.82, 2.24) is 5.32 Å². The van der Waals surface area contributed by atoms with Gasteiger partial charge in [0.25, 0.3) is 0 Å². The van der Waals surface area contributed by atoms with Gasteiger partial charge in [0.2, 0.25) is 0 Å². The number of amides is 1. The smallest absolute Gasteiger partial charge is 0.407 e. The van der Waals surface area contributed by atoms with E-state index in [9.17, 15) is 9.59 Å². The van der Waals surface area contributed by atoms with Gasteiger partial charge in [-0.25, -0.2) is 4.79 Å². The molecule has 0 aliphatic heterocycles. The number of hydrogen-bond acceptors (Lipinski definition) is 4.